The average molecular weight is 256 g/mol. The number of nitrogens with one attached hydrogen (secondary N) is 1. The maximum Gasteiger partial charge on any atom is 0.271 e. The van der Waals surface area contributed by atoms with Gasteiger partial charge in [0.15, 0.2) is 5.03 Å². The minimum Gasteiger partial charge on any atom is -0.349 e. The maximum atomic E-state index is 10.3. The molecule has 0 unspecified atom stereocenters. The van der Waals surface area contributed by atoms with Crippen LogP contribution in [0.25, 0.3) is 0 Å². The highest BCUT2D eigenvalue weighted by Crippen LogP contribution is 2.09. The lowest BCUT2D eigenvalue weighted by Gasteiger charge is -2.14. The van der Waals surface area contributed by atoms with Crippen LogP contribution in [-0.2, 0) is 6.54 Å². The molecule has 2 heterocycles. The molecule has 1 aliphatic rings. The second kappa shape index (κ2) is 4.96. The first-order valence-electron chi connectivity index (χ1n) is 4.97. The molecule has 1 fully saturated rings. The Hall–Kier alpha value is -1.89. The molecule has 0 saturated carbocycles. The molecular weight excluding hydrogens is 246 g/mol. The SMILES string of the molecule is O=[N+]([O-])/N=C1\NCCN1Cc1ccc(Cl)cn1. The summed E-state index contributed by atoms with van der Waals surface area (Å²) in [5.41, 5.74) is 0.786. The van der Waals surface area contributed by atoms with Crippen LogP contribution in [0.5, 0.6) is 0 Å². The third-order valence-corrected chi connectivity index (χ3v) is 2.51. The lowest BCUT2D eigenvalue weighted by Crippen LogP contribution is -2.30. The third kappa shape index (κ3) is 3.04. The number of rotatable bonds is 3. The third-order valence-electron chi connectivity index (χ3n) is 2.28. The topological polar surface area (TPSA) is 83.7 Å². The maximum absolute atomic E-state index is 10.3. The van der Waals surface area contributed by atoms with Crippen molar-refractivity contribution in [2.24, 2.45) is 5.10 Å². The van der Waals surface area contributed by atoms with Crippen LogP contribution in [0.4, 0.5) is 0 Å². The van der Waals surface area contributed by atoms with Gasteiger partial charge in [0, 0.05) is 19.3 Å². The molecule has 90 valence electrons. The van der Waals surface area contributed by atoms with E-state index < -0.39 is 5.03 Å². The van der Waals surface area contributed by atoms with E-state index in [-0.39, 0.29) is 5.96 Å². The molecule has 0 atom stereocenters. The van der Waals surface area contributed by atoms with Crippen molar-refractivity contribution >= 4 is 17.6 Å². The lowest BCUT2D eigenvalue weighted by atomic mass is 10.3. The van der Waals surface area contributed by atoms with E-state index in [1.807, 2.05) is 0 Å². The van der Waals surface area contributed by atoms with Gasteiger partial charge in [-0.1, -0.05) is 11.6 Å². The molecule has 1 saturated heterocycles. The van der Waals surface area contributed by atoms with Crippen LogP contribution >= 0.6 is 11.6 Å². The summed E-state index contributed by atoms with van der Waals surface area (Å²) in [4.78, 5) is 16.2. The molecule has 1 aliphatic heterocycles. The van der Waals surface area contributed by atoms with Gasteiger partial charge in [-0.25, -0.2) is 10.1 Å². The predicted molar refractivity (Wildman–Crippen MR) is 62.1 cm³/mol. The zero-order valence-corrected chi connectivity index (χ0v) is 9.59. The van der Waals surface area contributed by atoms with Crippen LogP contribution in [0.15, 0.2) is 23.4 Å². The Balaban J connectivity index is 2.07. The molecule has 0 aromatic carbocycles. The summed E-state index contributed by atoms with van der Waals surface area (Å²) in [6, 6.07) is 3.52. The molecule has 1 aromatic rings. The van der Waals surface area contributed by atoms with Crippen LogP contribution in [0.2, 0.25) is 5.02 Å². The number of hydrazone groups is 1. The fourth-order valence-corrected chi connectivity index (χ4v) is 1.66. The van der Waals surface area contributed by atoms with Crippen LogP contribution in [0.3, 0.4) is 0 Å². The highest BCUT2D eigenvalue weighted by molar-refractivity contribution is 6.30. The summed E-state index contributed by atoms with van der Waals surface area (Å²) in [7, 11) is 0. The van der Waals surface area contributed by atoms with E-state index in [1.54, 1.807) is 23.2 Å². The first-order valence-corrected chi connectivity index (χ1v) is 5.35. The van der Waals surface area contributed by atoms with Gasteiger partial charge in [-0.3, -0.25) is 4.98 Å². The van der Waals surface area contributed by atoms with E-state index in [9.17, 15) is 10.1 Å². The van der Waals surface area contributed by atoms with Crippen LogP contribution in [0.1, 0.15) is 5.69 Å². The predicted octanol–water partition coefficient (Wildman–Crippen LogP) is 0.688. The molecule has 2 rings (SSSR count). The highest BCUT2D eigenvalue weighted by Gasteiger charge is 2.21. The molecule has 0 spiro atoms. The number of halogens is 1. The number of hydrogen-bond acceptors (Lipinski definition) is 3. The van der Waals surface area contributed by atoms with Gasteiger partial charge in [0.1, 0.15) is 5.10 Å². The molecule has 1 N–H and O–H groups in total. The van der Waals surface area contributed by atoms with Crippen molar-refractivity contribution in [3.63, 3.8) is 0 Å². The van der Waals surface area contributed by atoms with Crippen molar-refractivity contribution < 1.29 is 5.03 Å². The number of nitro groups is 1. The first-order chi connectivity index (χ1) is 8.15. The van der Waals surface area contributed by atoms with Crippen LogP contribution < -0.4 is 5.32 Å². The Morgan fingerprint density at radius 1 is 1.65 bits per heavy atom. The molecule has 0 bridgehead atoms. The quantitative estimate of drug-likeness (QED) is 0.635. The van der Waals surface area contributed by atoms with E-state index in [4.69, 9.17) is 11.6 Å². The summed E-state index contributed by atoms with van der Waals surface area (Å²) in [5, 5.41) is 16.3. The average Bonchev–Trinajstić information content (AvgIpc) is 2.68. The summed E-state index contributed by atoms with van der Waals surface area (Å²) in [5.74, 6) is 0.270. The van der Waals surface area contributed by atoms with Gasteiger partial charge in [-0.15, -0.1) is 0 Å². The van der Waals surface area contributed by atoms with E-state index in [0.29, 0.717) is 24.7 Å². The molecule has 17 heavy (non-hydrogen) atoms. The summed E-state index contributed by atoms with van der Waals surface area (Å²) in [6.45, 7) is 1.77. The van der Waals surface area contributed by atoms with Gasteiger partial charge < -0.3 is 10.2 Å². The van der Waals surface area contributed by atoms with Crippen molar-refractivity contribution in [2.45, 2.75) is 6.54 Å². The van der Waals surface area contributed by atoms with Crippen LogP contribution in [0, 0.1) is 10.1 Å². The highest BCUT2D eigenvalue weighted by atomic mass is 35.5. The summed E-state index contributed by atoms with van der Waals surface area (Å²) in [6.07, 6.45) is 1.55. The minimum absolute atomic E-state index is 0.270. The van der Waals surface area contributed by atoms with E-state index >= 15 is 0 Å². The molecule has 0 aliphatic carbocycles. The number of pyridine rings is 1. The van der Waals surface area contributed by atoms with Crippen molar-refractivity contribution in [3.05, 3.63) is 39.2 Å². The van der Waals surface area contributed by atoms with Crippen molar-refractivity contribution in [1.29, 1.82) is 0 Å². The molecule has 1 aromatic heterocycles. The standard InChI is InChI=1S/C9H10ClN5O2/c10-7-1-2-8(12-5-7)6-14-4-3-11-9(14)13-15(16)17/h1-2,5H,3-4,6H2,(H,11,13). The van der Waals surface area contributed by atoms with Crippen molar-refractivity contribution in [1.82, 2.24) is 15.2 Å². The lowest BCUT2D eigenvalue weighted by molar-refractivity contribution is -0.485. The van der Waals surface area contributed by atoms with Gasteiger partial charge >= 0.3 is 0 Å². The van der Waals surface area contributed by atoms with E-state index in [1.165, 1.54) is 0 Å². The monoisotopic (exact) mass is 255 g/mol. The zero-order chi connectivity index (χ0) is 12.3. The minimum atomic E-state index is -0.712. The molecule has 8 heteroatoms. The molecular formula is C9H10ClN5O2. The Bertz CT molecular complexity index is 447. The van der Waals surface area contributed by atoms with Crippen LogP contribution in [-0.4, -0.2) is 34.0 Å². The normalized spacial score (nSPS) is 17.2. The Kier molecular flexibility index (Phi) is 3.38. The Morgan fingerprint density at radius 3 is 3.12 bits per heavy atom. The fourth-order valence-electron chi connectivity index (χ4n) is 1.55. The number of hydrogen-bond donors (Lipinski definition) is 1. The molecule has 7 nitrogen and oxygen atoms in total. The second-order valence-corrected chi connectivity index (χ2v) is 3.91. The zero-order valence-electron chi connectivity index (χ0n) is 8.84. The van der Waals surface area contributed by atoms with Gasteiger partial charge in [0.05, 0.1) is 17.3 Å². The van der Waals surface area contributed by atoms with E-state index in [2.05, 4.69) is 15.4 Å². The largest absolute Gasteiger partial charge is 0.349 e. The van der Waals surface area contributed by atoms with Gasteiger partial charge in [-0.2, -0.15) is 0 Å². The van der Waals surface area contributed by atoms with Crippen molar-refractivity contribution in [2.75, 3.05) is 13.1 Å². The Labute approximate surface area is 102 Å². The summed E-state index contributed by atoms with van der Waals surface area (Å²) < 4.78 is 0. The van der Waals surface area contributed by atoms with E-state index in [0.717, 1.165) is 5.69 Å². The smallest absolute Gasteiger partial charge is 0.271 e. The van der Waals surface area contributed by atoms with Gasteiger partial charge in [0.25, 0.3) is 5.96 Å². The van der Waals surface area contributed by atoms with Gasteiger partial charge in [0.2, 0.25) is 0 Å². The van der Waals surface area contributed by atoms with Gasteiger partial charge in [-0.05, 0) is 12.1 Å². The fraction of sp³-hybridized carbons (Fsp3) is 0.333. The second-order valence-electron chi connectivity index (χ2n) is 3.48. The number of guanidine groups is 1. The first kappa shape index (κ1) is 11.6. The molecule has 0 radical (unpaired) electrons. The summed E-state index contributed by atoms with van der Waals surface area (Å²) >= 11 is 5.72. The van der Waals surface area contributed by atoms with Crippen molar-refractivity contribution in [3.8, 4) is 0 Å². The number of nitrogens with zero attached hydrogens (tertiary/aromatic N) is 4. The number of aromatic nitrogens is 1. The molecule has 0 amide bonds. The Morgan fingerprint density at radius 2 is 2.47 bits per heavy atom.